The Bertz CT molecular complexity index is 1240. The first-order valence-electron chi connectivity index (χ1n) is 7.82. The van der Waals surface area contributed by atoms with Crippen molar-refractivity contribution in [1.29, 1.82) is 0 Å². The maximum absolute atomic E-state index is 12.8. The highest BCUT2D eigenvalue weighted by molar-refractivity contribution is 9.10. The summed E-state index contributed by atoms with van der Waals surface area (Å²) in [5.74, 6) is -0.223. The Hall–Kier alpha value is -2.91. The molecule has 0 aliphatic rings. The number of ketones is 1. The zero-order valence-electron chi connectivity index (χ0n) is 13.9. The van der Waals surface area contributed by atoms with Gasteiger partial charge in [-0.2, -0.15) is 5.10 Å². The van der Waals surface area contributed by atoms with Gasteiger partial charge in [0.2, 0.25) is 4.80 Å². The number of benzene rings is 2. The van der Waals surface area contributed by atoms with Crippen LogP contribution in [0.4, 0.5) is 0 Å². The average molecular weight is 443 g/mol. The van der Waals surface area contributed by atoms with Gasteiger partial charge in [0.1, 0.15) is 5.58 Å². The minimum Gasteiger partial charge on any atom is -0.452 e. The van der Waals surface area contributed by atoms with Crippen molar-refractivity contribution in [2.75, 3.05) is 0 Å². The van der Waals surface area contributed by atoms with Crippen LogP contribution in [-0.4, -0.2) is 15.6 Å². The van der Waals surface area contributed by atoms with Crippen LogP contribution in [0.25, 0.3) is 16.7 Å². The quantitative estimate of drug-likeness (QED) is 0.263. The summed E-state index contributed by atoms with van der Waals surface area (Å²) in [7, 11) is 0. The van der Waals surface area contributed by atoms with Crippen molar-refractivity contribution in [3.8, 4) is 5.69 Å². The Kier molecular flexibility index (Phi) is 4.54. The number of hydrogen-bond acceptors (Lipinski definition) is 6. The van der Waals surface area contributed by atoms with Gasteiger partial charge in [0.05, 0.1) is 11.0 Å². The predicted molar refractivity (Wildman–Crippen MR) is 105 cm³/mol. The summed E-state index contributed by atoms with van der Waals surface area (Å²) in [6, 6.07) is 14.6. The van der Waals surface area contributed by atoms with E-state index in [1.165, 1.54) is 4.68 Å². The summed E-state index contributed by atoms with van der Waals surface area (Å²) >= 11 is 4.36. The molecular weight excluding hydrogens is 432 g/mol. The molecule has 0 radical (unpaired) electrons. The molecule has 4 rings (SSSR count). The van der Waals surface area contributed by atoms with Crippen LogP contribution < -0.4 is 4.80 Å². The highest BCUT2D eigenvalue weighted by Crippen LogP contribution is 2.25. The molecule has 4 aromatic rings. The molecule has 27 heavy (non-hydrogen) atoms. The van der Waals surface area contributed by atoms with Gasteiger partial charge in [-0.1, -0.05) is 50.1 Å². The SMILES string of the molecule is Cc1ccc(-n2nc(C(=O)c3cc4cc(Br)ccc4o3)s/c2=N/N=O)cc1. The lowest BCUT2D eigenvalue weighted by Gasteiger charge is -2.00. The lowest BCUT2D eigenvalue weighted by atomic mass is 10.2. The van der Waals surface area contributed by atoms with E-state index in [0.717, 1.165) is 26.8 Å². The number of fused-ring (bicyclic) bond motifs is 1. The van der Waals surface area contributed by atoms with Gasteiger partial charge < -0.3 is 4.42 Å². The Morgan fingerprint density at radius 1 is 1.19 bits per heavy atom. The van der Waals surface area contributed by atoms with Crippen LogP contribution >= 0.6 is 27.3 Å². The van der Waals surface area contributed by atoms with Crippen molar-refractivity contribution in [2.24, 2.45) is 10.4 Å². The monoisotopic (exact) mass is 442 g/mol. The van der Waals surface area contributed by atoms with Gasteiger partial charge in [-0.05, 0) is 43.3 Å². The Morgan fingerprint density at radius 2 is 1.96 bits per heavy atom. The van der Waals surface area contributed by atoms with Crippen LogP contribution in [0, 0.1) is 11.8 Å². The molecule has 0 atom stereocenters. The van der Waals surface area contributed by atoms with E-state index in [4.69, 9.17) is 4.42 Å². The van der Waals surface area contributed by atoms with E-state index in [0.29, 0.717) is 11.3 Å². The molecule has 0 N–H and O–H groups in total. The fourth-order valence-electron chi connectivity index (χ4n) is 2.56. The number of aryl methyl sites for hydroxylation is 1. The van der Waals surface area contributed by atoms with Gasteiger partial charge in [0.15, 0.2) is 10.8 Å². The van der Waals surface area contributed by atoms with Gasteiger partial charge in [-0.3, -0.25) is 4.79 Å². The molecule has 0 saturated heterocycles. The molecule has 0 aliphatic heterocycles. The maximum Gasteiger partial charge on any atom is 0.258 e. The molecule has 2 aromatic heterocycles. The Labute approximate surface area is 165 Å². The summed E-state index contributed by atoms with van der Waals surface area (Å²) in [4.78, 5) is 23.7. The number of furan rings is 1. The number of aromatic nitrogens is 2. The smallest absolute Gasteiger partial charge is 0.258 e. The summed E-state index contributed by atoms with van der Waals surface area (Å²) in [6.45, 7) is 1.96. The minimum atomic E-state index is -0.388. The van der Waals surface area contributed by atoms with Crippen molar-refractivity contribution in [3.63, 3.8) is 0 Å². The molecule has 0 spiro atoms. The molecule has 0 amide bonds. The number of rotatable bonds is 4. The first-order valence-corrected chi connectivity index (χ1v) is 9.43. The number of carbonyl (C=O) groups excluding carboxylic acids is 1. The second kappa shape index (κ2) is 7.01. The molecule has 9 heteroatoms. The molecular formula is C18H11BrN4O3S. The van der Waals surface area contributed by atoms with Crippen LogP contribution in [0.3, 0.4) is 0 Å². The number of nitroso groups, excluding NO2 is 1. The van der Waals surface area contributed by atoms with Gasteiger partial charge in [0, 0.05) is 9.86 Å². The van der Waals surface area contributed by atoms with E-state index in [1.54, 1.807) is 12.1 Å². The number of halogens is 1. The first kappa shape index (κ1) is 17.5. The van der Waals surface area contributed by atoms with Crippen LogP contribution in [0.5, 0.6) is 0 Å². The minimum absolute atomic E-state index is 0.149. The van der Waals surface area contributed by atoms with Crippen molar-refractivity contribution < 1.29 is 9.21 Å². The topological polar surface area (TPSA) is 89.8 Å². The third-order valence-corrected chi connectivity index (χ3v) is 5.25. The Morgan fingerprint density at radius 3 is 2.70 bits per heavy atom. The van der Waals surface area contributed by atoms with E-state index in [9.17, 15) is 9.70 Å². The summed E-state index contributed by atoms with van der Waals surface area (Å²) in [5, 5.41) is 11.4. The van der Waals surface area contributed by atoms with Crippen molar-refractivity contribution in [1.82, 2.24) is 9.78 Å². The summed E-state index contributed by atoms with van der Waals surface area (Å²) < 4.78 is 7.94. The predicted octanol–water partition coefficient (Wildman–Crippen LogP) is 4.56. The number of carbonyl (C=O) groups is 1. The highest BCUT2D eigenvalue weighted by Gasteiger charge is 2.20. The third kappa shape index (κ3) is 3.38. The molecule has 0 saturated carbocycles. The summed E-state index contributed by atoms with van der Waals surface area (Å²) in [5.41, 5.74) is 2.35. The standard InChI is InChI=1S/C18H11BrN4O3S/c1-10-2-5-13(6-3-10)23-18(20-22-25)27-17(21-23)16(24)15-9-11-8-12(19)4-7-14(11)26-15/h2-9H,1H3/b20-18+. The first-order chi connectivity index (χ1) is 13.0. The van der Waals surface area contributed by atoms with E-state index >= 15 is 0 Å². The second-order valence-corrected chi connectivity index (χ2v) is 7.61. The van der Waals surface area contributed by atoms with Crippen LogP contribution in [0.1, 0.15) is 21.1 Å². The van der Waals surface area contributed by atoms with Gasteiger partial charge in [0.25, 0.3) is 5.78 Å². The molecule has 134 valence electrons. The fraction of sp³-hybridized carbons (Fsp3) is 0.0556. The molecule has 0 aliphatic carbocycles. The van der Waals surface area contributed by atoms with E-state index in [1.807, 2.05) is 43.3 Å². The zero-order chi connectivity index (χ0) is 19.0. The van der Waals surface area contributed by atoms with Crippen molar-refractivity contribution in [3.05, 3.63) is 79.0 Å². The number of hydrogen-bond donors (Lipinski definition) is 0. The molecule has 0 fully saturated rings. The normalized spacial score (nSPS) is 11.9. The fourth-order valence-corrected chi connectivity index (χ4v) is 3.73. The van der Waals surface area contributed by atoms with Crippen molar-refractivity contribution in [2.45, 2.75) is 6.92 Å². The molecule has 0 bridgehead atoms. The number of nitrogens with zero attached hydrogens (tertiary/aromatic N) is 4. The molecule has 2 aromatic carbocycles. The lowest BCUT2D eigenvalue weighted by Crippen LogP contribution is -2.13. The lowest BCUT2D eigenvalue weighted by molar-refractivity contribution is 0.101. The average Bonchev–Trinajstić information content (AvgIpc) is 3.26. The van der Waals surface area contributed by atoms with Crippen LogP contribution in [-0.2, 0) is 0 Å². The third-order valence-electron chi connectivity index (χ3n) is 3.86. The molecule has 0 unspecified atom stereocenters. The Balaban J connectivity index is 1.79. The van der Waals surface area contributed by atoms with E-state index in [2.05, 4.69) is 31.4 Å². The van der Waals surface area contributed by atoms with Crippen molar-refractivity contribution >= 4 is 44.0 Å². The second-order valence-electron chi connectivity index (χ2n) is 5.74. The van der Waals surface area contributed by atoms with Gasteiger partial charge in [-0.25, -0.2) is 4.68 Å². The molecule has 7 nitrogen and oxygen atoms in total. The van der Waals surface area contributed by atoms with E-state index < -0.39 is 0 Å². The zero-order valence-corrected chi connectivity index (χ0v) is 16.3. The van der Waals surface area contributed by atoms with Gasteiger partial charge in [-0.15, -0.1) is 4.91 Å². The highest BCUT2D eigenvalue weighted by atomic mass is 79.9. The molecule has 2 heterocycles. The largest absolute Gasteiger partial charge is 0.452 e. The van der Waals surface area contributed by atoms with Gasteiger partial charge >= 0.3 is 0 Å². The van der Waals surface area contributed by atoms with Crippen LogP contribution in [0.2, 0.25) is 0 Å². The van der Waals surface area contributed by atoms with Crippen LogP contribution in [0.15, 0.2) is 67.8 Å². The summed E-state index contributed by atoms with van der Waals surface area (Å²) in [6.07, 6.45) is 0. The maximum atomic E-state index is 12.8. The van der Waals surface area contributed by atoms with E-state index in [-0.39, 0.29) is 21.4 Å².